The van der Waals surface area contributed by atoms with E-state index in [1.165, 1.54) is 19.1 Å². The highest BCUT2D eigenvalue weighted by molar-refractivity contribution is 6.51. The van der Waals surface area contributed by atoms with Crippen LogP contribution in [0.2, 0.25) is 0 Å². The van der Waals surface area contributed by atoms with E-state index >= 15 is 0 Å². The second kappa shape index (κ2) is 9.93. The van der Waals surface area contributed by atoms with E-state index in [2.05, 4.69) is 0 Å². The van der Waals surface area contributed by atoms with Crippen LogP contribution in [0.3, 0.4) is 0 Å². The van der Waals surface area contributed by atoms with Crippen LogP contribution in [0.5, 0.6) is 17.2 Å². The normalized spacial score (nSPS) is 16.9. The van der Waals surface area contributed by atoms with Crippen molar-refractivity contribution < 1.29 is 28.9 Å². The summed E-state index contributed by atoms with van der Waals surface area (Å²) in [5, 5.41) is 11.4. The SMILES string of the molecule is CCOc1cccc(N2C(=O)C(=O)/C(=C(/O)c3ccc(OC)c(OC)c3)C2c2ccccc2C)c1. The Morgan fingerprint density at radius 2 is 1.69 bits per heavy atom. The van der Waals surface area contributed by atoms with Crippen molar-refractivity contribution in [1.82, 2.24) is 0 Å². The molecule has 4 rings (SSSR count). The molecule has 35 heavy (non-hydrogen) atoms. The fraction of sp³-hybridized carbons (Fsp3) is 0.214. The summed E-state index contributed by atoms with van der Waals surface area (Å²) >= 11 is 0. The Morgan fingerprint density at radius 1 is 0.943 bits per heavy atom. The third-order valence-corrected chi connectivity index (χ3v) is 5.99. The number of carbonyl (C=O) groups excluding carboxylic acids is 2. The average Bonchev–Trinajstić information content (AvgIpc) is 3.13. The van der Waals surface area contributed by atoms with E-state index in [-0.39, 0.29) is 11.3 Å². The van der Waals surface area contributed by atoms with E-state index in [9.17, 15) is 14.7 Å². The minimum atomic E-state index is -0.832. The number of ether oxygens (including phenoxy) is 3. The molecule has 0 aliphatic carbocycles. The van der Waals surface area contributed by atoms with Crippen molar-refractivity contribution in [3.8, 4) is 17.2 Å². The summed E-state index contributed by atoms with van der Waals surface area (Å²) in [6.45, 7) is 4.24. The topological polar surface area (TPSA) is 85.3 Å². The lowest BCUT2D eigenvalue weighted by atomic mass is 9.92. The molecule has 1 unspecified atom stereocenters. The molecule has 0 saturated carbocycles. The zero-order valence-corrected chi connectivity index (χ0v) is 20.1. The first kappa shape index (κ1) is 23.9. The zero-order valence-electron chi connectivity index (χ0n) is 20.1. The summed E-state index contributed by atoms with van der Waals surface area (Å²) in [5.74, 6) is -0.340. The number of hydrogen-bond donors (Lipinski definition) is 1. The number of aliphatic hydroxyl groups excluding tert-OH is 1. The number of rotatable bonds is 7. The van der Waals surface area contributed by atoms with E-state index in [0.29, 0.717) is 35.1 Å². The molecule has 1 amide bonds. The molecule has 180 valence electrons. The molecule has 1 N–H and O–H groups in total. The molecule has 0 spiro atoms. The largest absolute Gasteiger partial charge is 0.507 e. The van der Waals surface area contributed by atoms with Crippen LogP contribution in [0.25, 0.3) is 5.76 Å². The van der Waals surface area contributed by atoms with Crippen molar-refractivity contribution in [2.45, 2.75) is 19.9 Å². The lowest BCUT2D eigenvalue weighted by Gasteiger charge is -2.27. The van der Waals surface area contributed by atoms with Crippen molar-refractivity contribution in [3.63, 3.8) is 0 Å². The highest BCUT2D eigenvalue weighted by Gasteiger charge is 2.47. The number of Topliss-reactive ketones (excluding diaryl/α,β-unsaturated/α-hetero) is 1. The Hall–Kier alpha value is -4.26. The summed E-state index contributed by atoms with van der Waals surface area (Å²) in [5.41, 5.74) is 2.44. The van der Waals surface area contributed by atoms with Gasteiger partial charge < -0.3 is 19.3 Å². The molecule has 1 atom stereocenters. The van der Waals surface area contributed by atoms with Gasteiger partial charge in [-0.3, -0.25) is 14.5 Å². The van der Waals surface area contributed by atoms with Crippen LogP contribution >= 0.6 is 0 Å². The van der Waals surface area contributed by atoms with Gasteiger partial charge in [0, 0.05) is 17.3 Å². The van der Waals surface area contributed by atoms with Crippen LogP contribution in [0.1, 0.15) is 29.7 Å². The standard InChI is InChI=1S/C28H27NO6/c1-5-35-20-11-8-10-19(16-20)29-25(21-12-7-6-9-17(21)2)24(27(31)28(29)32)26(30)18-13-14-22(33-3)23(15-18)34-4/h6-16,25,30H,5H2,1-4H3/b26-24+. The zero-order chi connectivity index (χ0) is 25.1. The number of amides is 1. The minimum absolute atomic E-state index is 0.00154. The summed E-state index contributed by atoms with van der Waals surface area (Å²) in [6.07, 6.45) is 0. The number of aliphatic hydroxyl groups is 1. The molecular weight excluding hydrogens is 446 g/mol. The van der Waals surface area contributed by atoms with Crippen LogP contribution in [0.15, 0.2) is 72.3 Å². The summed E-state index contributed by atoms with van der Waals surface area (Å²) < 4.78 is 16.3. The van der Waals surface area contributed by atoms with Gasteiger partial charge in [-0.05, 0) is 55.3 Å². The summed E-state index contributed by atoms with van der Waals surface area (Å²) in [4.78, 5) is 28.2. The third-order valence-electron chi connectivity index (χ3n) is 5.99. The van der Waals surface area contributed by atoms with Crippen molar-refractivity contribution in [2.24, 2.45) is 0 Å². The molecular formula is C28H27NO6. The Kier molecular flexibility index (Phi) is 6.78. The number of aryl methyl sites for hydroxylation is 1. The van der Waals surface area contributed by atoms with E-state index in [4.69, 9.17) is 14.2 Å². The molecule has 1 aliphatic heterocycles. The number of carbonyl (C=O) groups is 2. The Labute approximate surface area is 204 Å². The smallest absolute Gasteiger partial charge is 0.300 e. The molecule has 1 aliphatic rings. The molecule has 1 saturated heterocycles. The van der Waals surface area contributed by atoms with Crippen LogP contribution in [-0.4, -0.2) is 37.6 Å². The molecule has 1 fully saturated rings. The van der Waals surface area contributed by atoms with Crippen molar-refractivity contribution in [2.75, 3.05) is 25.7 Å². The number of methoxy groups -OCH3 is 2. The maximum Gasteiger partial charge on any atom is 0.300 e. The van der Waals surface area contributed by atoms with Crippen LogP contribution in [-0.2, 0) is 9.59 Å². The number of hydrogen-bond acceptors (Lipinski definition) is 6. The quantitative estimate of drug-likeness (QED) is 0.294. The predicted molar refractivity (Wildman–Crippen MR) is 133 cm³/mol. The number of anilines is 1. The first-order valence-corrected chi connectivity index (χ1v) is 11.2. The number of nitrogens with zero attached hydrogens (tertiary/aromatic N) is 1. The molecule has 3 aromatic rings. The molecule has 7 heteroatoms. The van der Waals surface area contributed by atoms with Gasteiger partial charge in [0.15, 0.2) is 11.5 Å². The Balaban J connectivity index is 1.94. The van der Waals surface area contributed by atoms with E-state index in [1.54, 1.807) is 42.5 Å². The van der Waals surface area contributed by atoms with Gasteiger partial charge in [-0.25, -0.2) is 0 Å². The third kappa shape index (κ3) is 4.33. The van der Waals surface area contributed by atoms with Gasteiger partial charge in [-0.15, -0.1) is 0 Å². The van der Waals surface area contributed by atoms with Crippen LogP contribution in [0.4, 0.5) is 5.69 Å². The maximum atomic E-state index is 13.4. The number of ketones is 1. The summed E-state index contributed by atoms with van der Waals surface area (Å²) in [7, 11) is 3.00. The summed E-state index contributed by atoms with van der Waals surface area (Å²) in [6, 6.07) is 18.5. The molecule has 0 radical (unpaired) electrons. The first-order chi connectivity index (χ1) is 16.9. The lowest BCUT2D eigenvalue weighted by Crippen LogP contribution is -2.29. The average molecular weight is 474 g/mol. The number of benzene rings is 3. The van der Waals surface area contributed by atoms with E-state index < -0.39 is 17.7 Å². The van der Waals surface area contributed by atoms with Gasteiger partial charge in [0.2, 0.25) is 0 Å². The van der Waals surface area contributed by atoms with Gasteiger partial charge in [0.25, 0.3) is 11.7 Å². The minimum Gasteiger partial charge on any atom is -0.507 e. The predicted octanol–water partition coefficient (Wildman–Crippen LogP) is 5.04. The highest BCUT2D eigenvalue weighted by atomic mass is 16.5. The monoisotopic (exact) mass is 473 g/mol. The second-order valence-corrected chi connectivity index (χ2v) is 8.03. The molecule has 0 aromatic heterocycles. The van der Waals surface area contributed by atoms with Gasteiger partial charge in [0.1, 0.15) is 11.5 Å². The fourth-order valence-corrected chi connectivity index (χ4v) is 4.32. The molecule has 7 nitrogen and oxygen atoms in total. The van der Waals surface area contributed by atoms with Crippen molar-refractivity contribution >= 4 is 23.1 Å². The van der Waals surface area contributed by atoms with E-state index in [1.807, 2.05) is 38.1 Å². The van der Waals surface area contributed by atoms with Crippen LogP contribution < -0.4 is 19.1 Å². The Bertz CT molecular complexity index is 1310. The van der Waals surface area contributed by atoms with Gasteiger partial charge in [-0.2, -0.15) is 0 Å². The fourth-order valence-electron chi connectivity index (χ4n) is 4.32. The second-order valence-electron chi connectivity index (χ2n) is 8.03. The Morgan fingerprint density at radius 3 is 2.37 bits per heavy atom. The van der Waals surface area contributed by atoms with Gasteiger partial charge in [-0.1, -0.05) is 30.3 Å². The van der Waals surface area contributed by atoms with Gasteiger partial charge in [0.05, 0.1) is 32.4 Å². The molecule has 3 aromatic carbocycles. The molecule has 0 bridgehead atoms. The van der Waals surface area contributed by atoms with Crippen molar-refractivity contribution in [3.05, 3.63) is 89.0 Å². The van der Waals surface area contributed by atoms with Gasteiger partial charge >= 0.3 is 0 Å². The maximum absolute atomic E-state index is 13.4. The first-order valence-electron chi connectivity index (χ1n) is 11.2. The van der Waals surface area contributed by atoms with Crippen LogP contribution in [0, 0.1) is 6.92 Å². The molecule has 1 heterocycles. The lowest BCUT2D eigenvalue weighted by molar-refractivity contribution is -0.132. The van der Waals surface area contributed by atoms with Crippen molar-refractivity contribution in [1.29, 1.82) is 0 Å². The van der Waals surface area contributed by atoms with E-state index in [0.717, 1.165) is 11.1 Å². The highest BCUT2D eigenvalue weighted by Crippen LogP contribution is 2.44.